The lowest BCUT2D eigenvalue weighted by Crippen LogP contribution is -2.20. The van der Waals surface area contributed by atoms with Gasteiger partial charge in [0, 0.05) is 25.7 Å². The summed E-state index contributed by atoms with van der Waals surface area (Å²) in [5.74, 6) is 0.577. The Labute approximate surface area is 131 Å². The number of amides is 2. The average Bonchev–Trinajstić information content (AvgIpc) is 2.46. The summed E-state index contributed by atoms with van der Waals surface area (Å²) in [6, 6.07) is 7.06. The van der Waals surface area contributed by atoms with E-state index in [0.29, 0.717) is 31.7 Å². The van der Waals surface area contributed by atoms with Crippen molar-refractivity contribution in [2.45, 2.75) is 12.8 Å². The first-order valence-electron chi connectivity index (χ1n) is 6.53. The molecule has 0 aliphatic carbocycles. The molecule has 0 spiro atoms. The second-order valence-electron chi connectivity index (χ2n) is 4.20. The van der Waals surface area contributed by atoms with Crippen molar-refractivity contribution in [2.24, 2.45) is 0 Å². The molecular weight excluding hydrogens is 294 g/mol. The zero-order valence-corrected chi connectivity index (χ0v) is 13.1. The zero-order chi connectivity index (χ0) is 14.8. The Kier molecular flexibility index (Phi) is 10.0. The van der Waals surface area contributed by atoms with Crippen LogP contribution in [0.3, 0.4) is 0 Å². The van der Waals surface area contributed by atoms with Crippen LogP contribution in [0.5, 0.6) is 5.75 Å². The zero-order valence-electron chi connectivity index (χ0n) is 12.3. The molecule has 1 aromatic rings. The van der Waals surface area contributed by atoms with Crippen molar-refractivity contribution in [1.82, 2.24) is 10.6 Å². The Bertz CT molecular complexity index is 438. The quantitative estimate of drug-likeness (QED) is 0.673. The average molecular weight is 316 g/mol. The highest BCUT2D eigenvalue weighted by molar-refractivity contribution is 5.90. The summed E-state index contributed by atoms with van der Waals surface area (Å²) < 4.78 is 5.42. The topological polar surface area (TPSA) is 79.5 Å². The molecule has 0 bridgehead atoms. The number of hydrogen-bond acceptors (Lipinski definition) is 4. The smallest absolute Gasteiger partial charge is 0.225 e. The third-order valence-electron chi connectivity index (χ3n) is 2.62. The first-order chi connectivity index (χ1) is 9.65. The SMILES string of the molecule is CNCCC(=O)Nc1ccc(OCCC(=O)NC)cc1.Cl. The molecule has 0 unspecified atom stereocenters. The van der Waals surface area contributed by atoms with Crippen LogP contribution in [0.15, 0.2) is 24.3 Å². The molecule has 0 atom stereocenters. The third kappa shape index (κ3) is 8.16. The molecule has 1 rings (SSSR count). The molecule has 3 N–H and O–H groups in total. The standard InChI is InChI=1S/C14H21N3O3.ClH/c1-15-9-7-14(19)17-11-3-5-12(6-4-11)20-10-8-13(18)16-2;/h3-6,15H,7-10H2,1-2H3,(H,16,18)(H,17,19);1H. The Hall–Kier alpha value is -1.79. The van der Waals surface area contributed by atoms with Gasteiger partial charge < -0.3 is 20.7 Å². The Morgan fingerprint density at radius 1 is 1.05 bits per heavy atom. The molecule has 0 saturated heterocycles. The largest absolute Gasteiger partial charge is 0.493 e. The molecule has 21 heavy (non-hydrogen) atoms. The van der Waals surface area contributed by atoms with Crippen LogP contribution in [0.1, 0.15) is 12.8 Å². The number of hydrogen-bond donors (Lipinski definition) is 3. The number of benzene rings is 1. The number of halogens is 1. The number of nitrogens with one attached hydrogen (secondary N) is 3. The van der Waals surface area contributed by atoms with Gasteiger partial charge in [-0.15, -0.1) is 12.4 Å². The summed E-state index contributed by atoms with van der Waals surface area (Å²) in [5, 5.41) is 8.23. The van der Waals surface area contributed by atoms with Gasteiger partial charge in [-0.05, 0) is 31.3 Å². The van der Waals surface area contributed by atoms with Gasteiger partial charge in [0.05, 0.1) is 13.0 Å². The van der Waals surface area contributed by atoms with E-state index >= 15 is 0 Å². The van der Waals surface area contributed by atoms with E-state index < -0.39 is 0 Å². The summed E-state index contributed by atoms with van der Waals surface area (Å²) >= 11 is 0. The van der Waals surface area contributed by atoms with Crippen molar-refractivity contribution in [1.29, 1.82) is 0 Å². The second-order valence-corrected chi connectivity index (χ2v) is 4.20. The van der Waals surface area contributed by atoms with Crippen molar-refractivity contribution >= 4 is 29.9 Å². The summed E-state index contributed by atoms with van der Waals surface area (Å²) in [4.78, 5) is 22.5. The van der Waals surface area contributed by atoms with E-state index in [9.17, 15) is 9.59 Å². The number of carbonyl (C=O) groups excluding carboxylic acids is 2. The van der Waals surface area contributed by atoms with Gasteiger partial charge in [0.2, 0.25) is 11.8 Å². The minimum absolute atomic E-state index is 0. The van der Waals surface area contributed by atoms with Crippen LogP contribution in [0.2, 0.25) is 0 Å². The lowest BCUT2D eigenvalue weighted by atomic mass is 10.3. The molecule has 2 amide bonds. The molecular formula is C14H22ClN3O3. The predicted octanol–water partition coefficient (Wildman–Crippen LogP) is 1.17. The molecule has 7 heteroatoms. The van der Waals surface area contributed by atoms with Gasteiger partial charge in [-0.25, -0.2) is 0 Å². The van der Waals surface area contributed by atoms with E-state index in [0.717, 1.165) is 5.69 Å². The molecule has 0 heterocycles. The van der Waals surface area contributed by atoms with E-state index in [2.05, 4.69) is 16.0 Å². The summed E-state index contributed by atoms with van der Waals surface area (Å²) in [6.45, 7) is 0.972. The molecule has 118 valence electrons. The van der Waals surface area contributed by atoms with Crippen molar-refractivity contribution in [3.63, 3.8) is 0 Å². The molecule has 0 radical (unpaired) electrons. The van der Waals surface area contributed by atoms with Gasteiger partial charge in [-0.2, -0.15) is 0 Å². The Balaban J connectivity index is 0.00000400. The summed E-state index contributed by atoms with van der Waals surface area (Å²) in [6.07, 6.45) is 0.750. The van der Waals surface area contributed by atoms with Gasteiger partial charge in [0.25, 0.3) is 0 Å². The Morgan fingerprint density at radius 2 is 1.71 bits per heavy atom. The predicted molar refractivity (Wildman–Crippen MR) is 85.0 cm³/mol. The molecule has 6 nitrogen and oxygen atoms in total. The van der Waals surface area contributed by atoms with Crippen LogP contribution in [-0.2, 0) is 9.59 Å². The maximum atomic E-state index is 11.5. The highest BCUT2D eigenvalue weighted by Gasteiger charge is 2.02. The maximum Gasteiger partial charge on any atom is 0.225 e. The van der Waals surface area contributed by atoms with E-state index in [1.165, 1.54) is 0 Å². The number of ether oxygens (including phenoxy) is 1. The molecule has 0 saturated carbocycles. The van der Waals surface area contributed by atoms with E-state index in [1.807, 2.05) is 0 Å². The van der Waals surface area contributed by atoms with Crippen molar-refractivity contribution < 1.29 is 14.3 Å². The molecule has 1 aromatic carbocycles. The van der Waals surface area contributed by atoms with Gasteiger partial charge in [-0.3, -0.25) is 9.59 Å². The minimum atomic E-state index is -0.0570. The van der Waals surface area contributed by atoms with Crippen LogP contribution >= 0.6 is 12.4 Å². The van der Waals surface area contributed by atoms with Crippen LogP contribution in [-0.4, -0.2) is 39.1 Å². The summed E-state index contributed by atoms with van der Waals surface area (Å²) in [5.41, 5.74) is 0.727. The van der Waals surface area contributed by atoms with Crippen LogP contribution in [0.25, 0.3) is 0 Å². The fourth-order valence-corrected chi connectivity index (χ4v) is 1.48. The van der Waals surface area contributed by atoms with Crippen molar-refractivity contribution in [3.8, 4) is 5.75 Å². The van der Waals surface area contributed by atoms with Crippen molar-refractivity contribution in [2.75, 3.05) is 32.6 Å². The lowest BCUT2D eigenvalue weighted by Gasteiger charge is -2.08. The third-order valence-corrected chi connectivity index (χ3v) is 2.62. The van der Waals surface area contributed by atoms with Gasteiger partial charge >= 0.3 is 0 Å². The Morgan fingerprint density at radius 3 is 2.29 bits per heavy atom. The number of carbonyl (C=O) groups is 2. The molecule has 0 fully saturated rings. The van der Waals surface area contributed by atoms with Gasteiger partial charge in [0.1, 0.15) is 5.75 Å². The normalized spacial score (nSPS) is 9.43. The fourth-order valence-electron chi connectivity index (χ4n) is 1.48. The van der Waals surface area contributed by atoms with Crippen LogP contribution in [0, 0.1) is 0 Å². The number of rotatable bonds is 8. The lowest BCUT2D eigenvalue weighted by molar-refractivity contribution is -0.121. The molecule has 0 aliphatic heterocycles. The van der Waals surface area contributed by atoms with E-state index in [4.69, 9.17) is 4.74 Å². The number of anilines is 1. The van der Waals surface area contributed by atoms with Crippen LogP contribution in [0.4, 0.5) is 5.69 Å². The highest BCUT2D eigenvalue weighted by atomic mass is 35.5. The van der Waals surface area contributed by atoms with Crippen molar-refractivity contribution in [3.05, 3.63) is 24.3 Å². The van der Waals surface area contributed by atoms with E-state index in [1.54, 1.807) is 38.4 Å². The molecule has 0 aromatic heterocycles. The van der Waals surface area contributed by atoms with E-state index in [-0.39, 0.29) is 24.2 Å². The van der Waals surface area contributed by atoms with Gasteiger partial charge in [0.15, 0.2) is 0 Å². The van der Waals surface area contributed by atoms with Gasteiger partial charge in [-0.1, -0.05) is 0 Å². The maximum absolute atomic E-state index is 11.5. The first-order valence-corrected chi connectivity index (χ1v) is 6.53. The molecule has 0 aliphatic rings. The first kappa shape index (κ1) is 19.2. The fraction of sp³-hybridized carbons (Fsp3) is 0.429. The minimum Gasteiger partial charge on any atom is -0.493 e. The second kappa shape index (κ2) is 10.9. The highest BCUT2D eigenvalue weighted by Crippen LogP contribution is 2.15. The van der Waals surface area contributed by atoms with Crippen LogP contribution < -0.4 is 20.7 Å². The monoisotopic (exact) mass is 315 g/mol. The summed E-state index contributed by atoms with van der Waals surface area (Å²) in [7, 11) is 3.39.